The third-order valence-corrected chi connectivity index (χ3v) is 2.10. The summed E-state index contributed by atoms with van der Waals surface area (Å²) in [5.41, 5.74) is 6.79. The molecule has 5 heteroatoms. The van der Waals surface area contributed by atoms with Crippen molar-refractivity contribution in [3.63, 3.8) is 0 Å². The number of aromatic nitrogens is 2. The van der Waals surface area contributed by atoms with E-state index in [9.17, 15) is 0 Å². The van der Waals surface area contributed by atoms with Crippen LogP contribution in [0, 0.1) is 11.3 Å². The summed E-state index contributed by atoms with van der Waals surface area (Å²) in [5.74, 6) is 1.05. The molecule has 0 radical (unpaired) electrons. The van der Waals surface area contributed by atoms with Gasteiger partial charge in [0.1, 0.15) is 0 Å². The van der Waals surface area contributed by atoms with Gasteiger partial charge in [-0.2, -0.15) is 10.2 Å². The minimum absolute atomic E-state index is 0.452. The standard InChI is InChI=1S/C11H10N4O/c12-6-5-10-14-11(16-15-10)9-3-1-8(7-13)2-4-9/h1-4H,5-6,12H2. The first-order valence-electron chi connectivity index (χ1n) is 4.86. The van der Waals surface area contributed by atoms with Crippen LogP contribution in [0.3, 0.4) is 0 Å². The molecule has 1 aromatic carbocycles. The number of nitrogens with zero attached hydrogens (tertiary/aromatic N) is 3. The van der Waals surface area contributed by atoms with Gasteiger partial charge in [0, 0.05) is 12.0 Å². The van der Waals surface area contributed by atoms with E-state index >= 15 is 0 Å². The van der Waals surface area contributed by atoms with Crippen molar-refractivity contribution < 1.29 is 4.52 Å². The fourth-order valence-corrected chi connectivity index (χ4v) is 1.29. The van der Waals surface area contributed by atoms with Gasteiger partial charge in [-0.05, 0) is 30.8 Å². The van der Waals surface area contributed by atoms with E-state index in [2.05, 4.69) is 10.1 Å². The zero-order chi connectivity index (χ0) is 11.4. The molecule has 2 rings (SSSR count). The topological polar surface area (TPSA) is 88.7 Å². The van der Waals surface area contributed by atoms with Gasteiger partial charge in [0.2, 0.25) is 0 Å². The molecular weight excluding hydrogens is 204 g/mol. The van der Waals surface area contributed by atoms with Crippen LogP contribution in [0.1, 0.15) is 11.4 Å². The van der Waals surface area contributed by atoms with E-state index in [-0.39, 0.29) is 0 Å². The van der Waals surface area contributed by atoms with Gasteiger partial charge in [0.15, 0.2) is 5.82 Å². The Labute approximate surface area is 92.5 Å². The second kappa shape index (κ2) is 4.55. The highest BCUT2D eigenvalue weighted by atomic mass is 16.5. The van der Waals surface area contributed by atoms with Crippen LogP contribution >= 0.6 is 0 Å². The molecule has 0 aliphatic rings. The molecule has 0 aliphatic carbocycles. The van der Waals surface area contributed by atoms with Gasteiger partial charge in [-0.15, -0.1) is 0 Å². The molecular formula is C11H10N4O. The van der Waals surface area contributed by atoms with Crippen LogP contribution in [0.2, 0.25) is 0 Å². The Morgan fingerprint density at radius 2 is 2.06 bits per heavy atom. The van der Waals surface area contributed by atoms with Crippen molar-refractivity contribution >= 4 is 0 Å². The Balaban J connectivity index is 2.25. The van der Waals surface area contributed by atoms with E-state index < -0.39 is 0 Å². The van der Waals surface area contributed by atoms with Crippen LogP contribution in [0.25, 0.3) is 11.5 Å². The Kier molecular flexibility index (Phi) is 2.94. The first kappa shape index (κ1) is 10.3. The highest BCUT2D eigenvalue weighted by Crippen LogP contribution is 2.17. The quantitative estimate of drug-likeness (QED) is 0.826. The van der Waals surface area contributed by atoms with Gasteiger partial charge in [-0.3, -0.25) is 0 Å². The van der Waals surface area contributed by atoms with E-state index in [1.807, 2.05) is 6.07 Å². The maximum absolute atomic E-state index is 8.66. The predicted octanol–water partition coefficient (Wildman–Crippen LogP) is 1.11. The largest absolute Gasteiger partial charge is 0.334 e. The third-order valence-electron chi connectivity index (χ3n) is 2.10. The van der Waals surface area contributed by atoms with E-state index in [4.69, 9.17) is 15.5 Å². The van der Waals surface area contributed by atoms with Crippen LogP contribution in [0.4, 0.5) is 0 Å². The van der Waals surface area contributed by atoms with Crippen LogP contribution in [-0.4, -0.2) is 16.7 Å². The van der Waals surface area contributed by atoms with Gasteiger partial charge in [-0.1, -0.05) is 5.16 Å². The summed E-state index contributed by atoms with van der Waals surface area (Å²) in [6.07, 6.45) is 0.597. The minimum atomic E-state index is 0.452. The normalized spacial score (nSPS) is 10.0. The molecule has 5 nitrogen and oxygen atoms in total. The lowest BCUT2D eigenvalue weighted by Gasteiger charge is -1.92. The van der Waals surface area contributed by atoms with Crippen molar-refractivity contribution in [3.05, 3.63) is 35.7 Å². The van der Waals surface area contributed by atoms with Crippen LogP contribution in [0.15, 0.2) is 28.8 Å². The molecule has 0 aliphatic heterocycles. The van der Waals surface area contributed by atoms with Crippen molar-refractivity contribution in [3.8, 4) is 17.5 Å². The zero-order valence-electron chi connectivity index (χ0n) is 8.55. The second-order valence-electron chi connectivity index (χ2n) is 3.24. The van der Waals surface area contributed by atoms with Crippen LogP contribution in [-0.2, 0) is 6.42 Å². The first-order chi connectivity index (χ1) is 7.83. The summed E-state index contributed by atoms with van der Waals surface area (Å²) >= 11 is 0. The number of rotatable bonds is 3. The van der Waals surface area contributed by atoms with Crippen LogP contribution < -0.4 is 5.73 Å². The maximum atomic E-state index is 8.66. The smallest absolute Gasteiger partial charge is 0.257 e. The average Bonchev–Trinajstić information content (AvgIpc) is 2.78. The lowest BCUT2D eigenvalue weighted by atomic mass is 10.1. The summed E-state index contributed by atoms with van der Waals surface area (Å²) < 4.78 is 5.08. The third kappa shape index (κ3) is 2.07. The summed E-state index contributed by atoms with van der Waals surface area (Å²) in [5, 5.41) is 12.5. The van der Waals surface area contributed by atoms with Crippen molar-refractivity contribution in [2.45, 2.75) is 6.42 Å². The fourth-order valence-electron chi connectivity index (χ4n) is 1.29. The first-order valence-corrected chi connectivity index (χ1v) is 4.86. The molecule has 0 unspecified atom stereocenters. The Morgan fingerprint density at radius 1 is 1.31 bits per heavy atom. The van der Waals surface area contributed by atoms with E-state index in [0.29, 0.717) is 30.2 Å². The monoisotopic (exact) mass is 214 g/mol. The minimum Gasteiger partial charge on any atom is -0.334 e. The highest BCUT2D eigenvalue weighted by Gasteiger charge is 2.07. The van der Waals surface area contributed by atoms with Crippen molar-refractivity contribution in [1.82, 2.24) is 10.1 Å². The molecule has 0 saturated carbocycles. The summed E-state index contributed by atoms with van der Waals surface area (Å²) in [4.78, 5) is 4.19. The zero-order valence-corrected chi connectivity index (χ0v) is 8.55. The maximum Gasteiger partial charge on any atom is 0.257 e. The molecule has 2 N–H and O–H groups in total. The molecule has 2 aromatic rings. The Hall–Kier alpha value is -2.19. The highest BCUT2D eigenvalue weighted by molar-refractivity contribution is 5.54. The summed E-state index contributed by atoms with van der Waals surface area (Å²) in [6, 6.07) is 9.02. The van der Waals surface area contributed by atoms with E-state index in [1.165, 1.54) is 0 Å². The lowest BCUT2D eigenvalue weighted by Crippen LogP contribution is -2.03. The molecule has 0 spiro atoms. The van der Waals surface area contributed by atoms with Gasteiger partial charge in [0.05, 0.1) is 11.6 Å². The Morgan fingerprint density at radius 3 is 2.69 bits per heavy atom. The molecule has 1 heterocycles. The summed E-state index contributed by atoms with van der Waals surface area (Å²) in [6.45, 7) is 0.492. The van der Waals surface area contributed by atoms with Crippen LogP contribution in [0.5, 0.6) is 0 Å². The number of hydrogen-bond acceptors (Lipinski definition) is 5. The molecule has 0 saturated heterocycles. The molecule has 0 fully saturated rings. The van der Waals surface area contributed by atoms with Gasteiger partial charge in [0.25, 0.3) is 5.89 Å². The molecule has 0 atom stereocenters. The molecule has 0 amide bonds. The van der Waals surface area contributed by atoms with Crippen molar-refractivity contribution in [1.29, 1.82) is 5.26 Å². The number of nitriles is 1. The number of hydrogen-bond donors (Lipinski definition) is 1. The molecule has 1 aromatic heterocycles. The molecule has 16 heavy (non-hydrogen) atoms. The lowest BCUT2D eigenvalue weighted by molar-refractivity contribution is 0.422. The number of benzene rings is 1. The molecule has 0 bridgehead atoms. The van der Waals surface area contributed by atoms with E-state index in [0.717, 1.165) is 5.56 Å². The number of nitrogens with two attached hydrogens (primary N) is 1. The van der Waals surface area contributed by atoms with Gasteiger partial charge < -0.3 is 10.3 Å². The van der Waals surface area contributed by atoms with Gasteiger partial charge in [-0.25, -0.2) is 0 Å². The SMILES string of the molecule is N#Cc1ccc(-c2nc(CCN)no2)cc1. The fraction of sp³-hybridized carbons (Fsp3) is 0.182. The van der Waals surface area contributed by atoms with E-state index in [1.54, 1.807) is 24.3 Å². The Bertz CT molecular complexity index is 510. The van der Waals surface area contributed by atoms with Gasteiger partial charge >= 0.3 is 0 Å². The summed E-state index contributed by atoms with van der Waals surface area (Å²) in [7, 11) is 0. The molecule has 80 valence electrons. The predicted molar refractivity (Wildman–Crippen MR) is 57.2 cm³/mol. The average molecular weight is 214 g/mol. The van der Waals surface area contributed by atoms with Crippen molar-refractivity contribution in [2.75, 3.05) is 6.54 Å². The second-order valence-corrected chi connectivity index (χ2v) is 3.24. The van der Waals surface area contributed by atoms with Crippen molar-refractivity contribution in [2.24, 2.45) is 5.73 Å².